The number of carbonyl (C=O) groups is 1. The summed E-state index contributed by atoms with van der Waals surface area (Å²) in [6.07, 6.45) is 3.02. The van der Waals surface area contributed by atoms with Gasteiger partial charge in [-0.1, -0.05) is 54.1 Å². The second-order valence-electron chi connectivity index (χ2n) is 9.71. The molecule has 1 saturated heterocycles. The zero-order chi connectivity index (χ0) is 25.8. The minimum absolute atomic E-state index is 0.0488. The molecule has 0 atom stereocenters. The number of hydrogen-bond acceptors (Lipinski definition) is 4. The lowest BCUT2D eigenvalue weighted by Gasteiger charge is -2.32. The molecule has 0 aliphatic carbocycles. The molecule has 190 valence electrons. The van der Waals surface area contributed by atoms with Crippen LogP contribution in [0.25, 0.3) is 22.0 Å². The number of nitrogens with zero attached hydrogens (tertiary/aromatic N) is 3. The number of likely N-dealkylation sites (tertiary alicyclic amines) is 1. The smallest absolute Gasteiger partial charge is 0.274 e. The molecule has 0 saturated carbocycles. The van der Waals surface area contributed by atoms with Crippen LogP contribution in [0.4, 0.5) is 5.69 Å². The van der Waals surface area contributed by atoms with Gasteiger partial charge in [0.1, 0.15) is 0 Å². The Morgan fingerprint density at radius 3 is 2.43 bits per heavy atom. The van der Waals surface area contributed by atoms with Gasteiger partial charge in [-0.15, -0.1) is 0 Å². The van der Waals surface area contributed by atoms with Crippen molar-refractivity contribution in [1.82, 2.24) is 14.7 Å². The van der Waals surface area contributed by atoms with E-state index in [1.165, 1.54) is 12.5 Å². The Hall–Kier alpha value is -3.48. The minimum atomic E-state index is -0.0499. The summed E-state index contributed by atoms with van der Waals surface area (Å²) in [4.78, 5) is 27.0. The number of hydrogen-bond donors (Lipinski definition) is 1. The molecule has 7 heteroatoms. The van der Waals surface area contributed by atoms with Crippen LogP contribution in [0.5, 0.6) is 0 Å². The molecule has 0 unspecified atom stereocenters. The lowest BCUT2D eigenvalue weighted by Crippen LogP contribution is -2.34. The van der Waals surface area contributed by atoms with Crippen LogP contribution in [0.2, 0.25) is 5.02 Å². The highest BCUT2D eigenvalue weighted by molar-refractivity contribution is 6.30. The predicted molar refractivity (Wildman–Crippen MR) is 150 cm³/mol. The topological polar surface area (TPSA) is 67.2 Å². The number of carbonyl (C=O) groups excluding carboxylic acids is 1. The number of fused-ring (bicyclic) bond motifs is 1. The molecule has 2 heterocycles. The number of halogens is 1. The Kier molecular flexibility index (Phi) is 7.68. The summed E-state index contributed by atoms with van der Waals surface area (Å²) in [6, 6.07) is 23.5. The Morgan fingerprint density at radius 1 is 0.973 bits per heavy atom. The summed E-state index contributed by atoms with van der Waals surface area (Å²) < 4.78 is 1.62. The van der Waals surface area contributed by atoms with Crippen molar-refractivity contribution >= 4 is 34.0 Å². The van der Waals surface area contributed by atoms with E-state index in [9.17, 15) is 9.59 Å². The highest BCUT2D eigenvalue weighted by Gasteiger charge is 2.21. The van der Waals surface area contributed by atoms with Crippen LogP contribution in [0.3, 0.4) is 0 Å². The third-order valence-electron chi connectivity index (χ3n) is 7.10. The van der Waals surface area contributed by atoms with E-state index >= 15 is 0 Å². The summed E-state index contributed by atoms with van der Waals surface area (Å²) in [7, 11) is 0. The van der Waals surface area contributed by atoms with Gasteiger partial charge in [0, 0.05) is 35.1 Å². The van der Waals surface area contributed by atoms with Crippen LogP contribution in [0.15, 0.2) is 77.6 Å². The van der Waals surface area contributed by atoms with Gasteiger partial charge in [-0.2, -0.15) is 5.10 Å². The van der Waals surface area contributed by atoms with Crippen LogP contribution in [0, 0.1) is 0 Å². The summed E-state index contributed by atoms with van der Waals surface area (Å²) in [5.74, 6) is 0.448. The van der Waals surface area contributed by atoms with Gasteiger partial charge in [0.05, 0.1) is 11.1 Å². The van der Waals surface area contributed by atoms with Crippen molar-refractivity contribution in [1.29, 1.82) is 0 Å². The van der Waals surface area contributed by atoms with E-state index in [4.69, 9.17) is 16.7 Å². The van der Waals surface area contributed by atoms with Crippen molar-refractivity contribution < 1.29 is 4.79 Å². The molecule has 4 aromatic rings. The molecule has 1 aliphatic heterocycles. The minimum Gasteiger partial charge on any atom is -0.326 e. The molecule has 6 nitrogen and oxygen atoms in total. The SMILES string of the molecule is CC(=O)Nc1cccc(C2CCN(CCCn3nc(-c4ccc(Cl)cc4)c4ccccc4c3=O)CC2)c1. The predicted octanol–water partition coefficient (Wildman–Crippen LogP) is 5.95. The van der Waals surface area contributed by atoms with Crippen LogP contribution >= 0.6 is 11.6 Å². The monoisotopic (exact) mass is 514 g/mol. The van der Waals surface area contributed by atoms with E-state index in [2.05, 4.69) is 22.3 Å². The van der Waals surface area contributed by atoms with Crippen molar-refractivity contribution in [3.63, 3.8) is 0 Å². The van der Waals surface area contributed by atoms with Gasteiger partial charge in [-0.25, -0.2) is 4.68 Å². The second-order valence-corrected chi connectivity index (χ2v) is 10.1. The lowest BCUT2D eigenvalue weighted by molar-refractivity contribution is -0.114. The molecule has 1 N–H and O–H groups in total. The third-order valence-corrected chi connectivity index (χ3v) is 7.35. The van der Waals surface area contributed by atoms with Crippen molar-refractivity contribution in [3.8, 4) is 11.3 Å². The number of aryl methyl sites for hydroxylation is 1. The van der Waals surface area contributed by atoms with E-state index in [0.29, 0.717) is 22.9 Å². The Labute approximate surface area is 221 Å². The van der Waals surface area contributed by atoms with Gasteiger partial charge in [0.15, 0.2) is 0 Å². The largest absolute Gasteiger partial charge is 0.326 e. The first-order valence-corrected chi connectivity index (χ1v) is 13.2. The van der Waals surface area contributed by atoms with Crippen LogP contribution in [-0.4, -0.2) is 40.2 Å². The number of aromatic nitrogens is 2. The number of rotatable bonds is 7. The maximum Gasteiger partial charge on any atom is 0.274 e. The summed E-state index contributed by atoms with van der Waals surface area (Å²) in [5.41, 5.74) is 3.84. The van der Waals surface area contributed by atoms with Gasteiger partial charge in [0.2, 0.25) is 5.91 Å². The Bertz CT molecular complexity index is 1460. The molecule has 3 aromatic carbocycles. The summed E-state index contributed by atoms with van der Waals surface area (Å²) in [6.45, 7) is 5.07. The number of piperidine rings is 1. The number of amides is 1. The quantitative estimate of drug-likeness (QED) is 0.331. The van der Waals surface area contributed by atoms with Crippen molar-refractivity contribution in [3.05, 3.63) is 93.7 Å². The van der Waals surface area contributed by atoms with Crippen molar-refractivity contribution in [2.45, 2.75) is 38.6 Å². The first-order valence-electron chi connectivity index (χ1n) is 12.8. The fourth-order valence-electron chi connectivity index (χ4n) is 5.22. The zero-order valence-electron chi connectivity index (χ0n) is 21.0. The van der Waals surface area contributed by atoms with Gasteiger partial charge >= 0.3 is 0 Å². The maximum atomic E-state index is 13.2. The van der Waals surface area contributed by atoms with Gasteiger partial charge in [-0.3, -0.25) is 9.59 Å². The molecule has 37 heavy (non-hydrogen) atoms. The Balaban J connectivity index is 1.23. The standard InChI is InChI=1S/C30H31ClN4O2/c1-21(36)32-26-7-4-6-24(20-26)22-14-18-34(19-15-22)16-5-17-35-30(37)28-9-3-2-8-27(28)29(33-35)23-10-12-25(31)13-11-23/h2-4,6-13,20,22H,5,14-19H2,1H3,(H,32,36). The van der Waals surface area contributed by atoms with Gasteiger partial charge < -0.3 is 10.2 Å². The van der Waals surface area contributed by atoms with E-state index in [1.807, 2.05) is 60.7 Å². The third kappa shape index (κ3) is 5.92. The van der Waals surface area contributed by atoms with Gasteiger partial charge in [-0.05, 0) is 80.7 Å². The van der Waals surface area contributed by atoms with Crippen molar-refractivity contribution in [2.75, 3.05) is 25.0 Å². The average Bonchev–Trinajstić information content (AvgIpc) is 2.91. The molecule has 0 radical (unpaired) electrons. The van der Waals surface area contributed by atoms with E-state index in [1.54, 1.807) is 4.68 Å². The van der Waals surface area contributed by atoms with Crippen LogP contribution in [0.1, 0.15) is 37.7 Å². The molecule has 5 rings (SSSR count). The zero-order valence-corrected chi connectivity index (χ0v) is 21.7. The first-order chi connectivity index (χ1) is 18.0. The number of benzene rings is 3. The fourth-order valence-corrected chi connectivity index (χ4v) is 5.34. The molecular formula is C30H31ClN4O2. The van der Waals surface area contributed by atoms with Crippen LogP contribution < -0.4 is 10.9 Å². The normalized spacial score (nSPS) is 14.6. The molecule has 0 spiro atoms. The number of anilines is 1. The van der Waals surface area contributed by atoms with E-state index in [0.717, 1.165) is 61.2 Å². The highest BCUT2D eigenvalue weighted by Crippen LogP contribution is 2.30. The molecule has 1 aliphatic rings. The lowest BCUT2D eigenvalue weighted by atomic mass is 9.89. The molecule has 0 bridgehead atoms. The van der Waals surface area contributed by atoms with Crippen LogP contribution in [-0.2, 0) is 11.3 Å². The molecular weight excluding hydrogens is 484 g/mol. The van der Waals surface area contributed by atoms with E-state index < -0.39 is 0 Å². The average molecular weight is 515 g/mol. The van der Waals surface area contributed by atoms with Crippen molar-refractivity contribution in [2.24, 2.45) is 0 Å². The van der Waals surface area contributed by atoms with E-state index in [-0.39, 0.29) is 11.5 Å². The Morgan fingerprint density at radius 2 is 1.70 bits per heavy atom. The summed E-state index contributed by atoms with van der Waals surface area (Å²) in [5, 5.41) is 9.87. The molecule has 1 fully saturated rings. The summed E-state index contributed by atoms with van der Waals surface area (Å²) >= 11 is 6.09. The van der Waals surface area contributed by atoms with Gasteiger partial charge in [0.25, 0.3) is 5.56 Å². The fraction of sp³-hybridized carbons (Fsp3) is 0.300. The number of nitrogens with one attached hydrogen (secondary N) is 1. The molecule has 1 amide bonds. The molecule has 1 aromatic heterocycles. The maximum absolute atomic E-state index is 13.2. The second kappa shape index (κ2) is 11.3. The highest BCUT2D eigenvalue weighted by atomic mass is 35.5. The first kappa shape index (κ1) is 25.2.